The smallest absolute Gasteiger partial charge is 0.229 e. The highest BCUT2D eigenvalue weighted by molar-refractivity contribution is 5.56. The molecule has 4 heterocycles. The molecule has 0 spiro atoms. The Morgan fingerprint density at radius 3 is 1.13 bits per heavy atom. The van der Waals surface area contributed by atoms with Crippen LogP contribution in [-0.2, 0) is 18.9 Å². The van der Waals surface area contributed by atoms with E-state index in [-0.39, 0.29) is 46.3 Å². The normalized spacial score (nSPS) is 37.3. The zero-order valence-corrected chi connectivity index (χ0v) is 28.9. The van der Waals surface area contributed by atoms with Gasteiger partial charge in [-0.15, -0.1) is 0 Å². The number of aliphatic hydroxyl groups excluding tert-OH is 8. The van der Waals surface area contributed by atoms with Crippen molar-refractivity contribution in [2.75, 3.05) is 54.9 Å². The van der Waals surface area contributed by atoms with Gasteiger partial charge < -0.3 is 88.2 Å². The van der Waals surface area contributed by atoms with Gasteiger partial charge in [-0.1, -0.05) is 0 Å². The Morgan fingerprint density at radius 2 is 0.846 bits per heavy atom. The summed E-state index contributed by atoms with van der Waals surface area (Å²) in [7, 11) is 5.66. The van der Waals surface area contributed by atoms with Gasteiger partial charge in [-0.3, -0.25) is 0 Å². The molecule has 0 unspecified atom stereocenters. The second kappa shape index (κ2) is 16.0. The Hall–Kier alpha value is -3.24. The fraction of sp³-hybridized carbons (Fsp3) is 0.647. The summed E-state index contributed by atoms with van der Waals surface area (Å²) in [6.07, 6.45) is -15.9. The summed E-state index contributed by atoms with van der Waals surface area (Å²) in [6, 6.07) is 6.78. The van der Waals surface area contributed by atoms with E-state index < -0.39 is 86.8 Å². The molecular weight excluding hydrogens is 696 g/mol. The lowest BCUT2D eigenvalue weighted by molar-refractivity contribution is -0.277. The van der Waals surface area contributed by atoms with Crippen LogP contribution in [0.1, 0.15) is 23.3 Å². The van der Waals surface area contributed by atoms with Gasteiger partial charge >= 0.3 is 0 Å². The summed E-state index contributed by atoms with van der Waals surface area (Å²) in [6.45, 7) is -0.604. The van der Waals surface area contributed by atoms with Crippen LogP contribution in [0.3, 0.4) is 0 Å². The van der Waals surface area contributed by atoms with Crippen molar-refractivity contribution < 1.29 is 88.2 Å². The Balaban J connectivity index is 1.22. The lowest BCUT2D eigenvalue weighted by Crippen LogP contribution is -2.60. The van der Waals surface area contributed by atoms with Gasteiger partial charge in [0.05, 0.1) is 67.1 Å². The molecule has 4 fully saturated rings. The molecule has 4 saturated heterocycles. The van der Waals surface area contributed by atoms with Crippen LogP contribution in [0.4, 0.5) is 0 Å². The van der Waals surface area contributed by atoms with E-state index in [0.29, 0.717) is 24.3 Å². The molecule has 14 atom stereocenters. The van der Waals surface area contributed by atoms with Gasteiger partial charge in [0.1, 0.15) is 48.8 Å². The standard InChI is InChI=1S/C34H46O18/c1-43-17-5-13(6-18(44-2)31(17)51-33-27(41)25(39)23(37)21(9-35)49-33)29-15-11-48-30(16(15)12-47-29)14-7-19(45-3)32(20(8-14)46-4)52-34-28(42)26(40)24(38)22(10-36)50-34/h5-8,15-16,21-30,33-42H,9-12H2,1-4H3/t15-,16+,21+,22-,23-,24-,25+,26+,27+,28-,29-,30-,33-,34-/m0/s1. The summed E-state index contributed by atoms with van der Waals surface area (Å²) in [4.78, 5) is 0. The van der Waals surface area contributed by atoms with Crippen molar-refractivity contribution in [2.45, 2.75) is 73.6 Å². The van der Waals surface area contributed by atoms with E-state index in [1.54, 1.807) is 24.3 Å². The van der Waals surface area contributed by atoms with Crippen molar-refractivity contribution in [2.24, 2.45) is 11.8 Å². The zero-order chi connectivity index (χ0) is 37.4. The molecular formula is C34H46O18. The van der Waals surface area contributed by atoms with Crippen LogP contribution in [-0.4, -0.2) is 157 Å². The topological polar surface area (TPSA) is 254 Å². The Bertz CT molecular complexity index is 1360. The molecule has 0 amide bonds. The molecule has 6 rings (SSSR count). The van der Waals surface area contributed by atoms with Crippen LogP contribution in [0.25, 0.3) is 0 Å². The molecule has 4 aliphatic heterocycles. The Kier molecular flexibility index (Phi) is 11.8. The molecule has 4 aliphatic rings. The summed E-state index contributed by atoms with van der Waals surface area (Å²) in [5.41, 5.74) is 1.37. The zero-order valence-electron chi connectivity index (χ0n) is 28.9. The highest BCUT2D eigenvalue weighted by atomic mass is 16.7. The predicted octanol–water partition coefficient (Wildman–Crippen LogP) is -1.85. The highest BCUT2D eigenvalue weighted by Gasteiger charge is 2.50. The average Bonchev–Trinajstić information content (AvgIpc) is 3.78. The summed E-state index contributed by atoms with van der Waals surface area (Å²) in [5, 5.41) is 81.0. The minimum absolute atomic E-state index is 0.0541. The van der Waals surface area contributed by atoms with Gasteiger partial charge in [0, 0.05) is 11.8 Å². The third-order valence-electron chi connectivity index (χ3n) is 10.1. The molecule has 8 N–H and O–H groups in total. The number of ether oxygens (including phenoxy) is 10. The minimum Gasteiger partial charge on any atom is -0.493 e. The van der Waals surface area contributed by atoms with Gasteiger partial charge in [-0.05, 0) is 35.4 Å². The molecule has 0 aromatic heterocycles. The SMILES string of the molecule is COc1cc([C@@H]2OC[C@H]3[C@H]2CO[C@H]3c2cc(OC)c(O[C@@H]3O[C@H](CO)[C@H](O)[C@@H](O)[C@H]3O)c(OC)c2)cc(OC)c1O[C@@H]1O[C@@H](CO)[C@H](O)[C@@H](O)[C@@H]1O. The molecule has 2 aromatic rings. The van der Waals surface area contributed by atoms with E-state index in [1.807, 2.05) is 0 Å². The molecule has 0 radical (unpaired) electrons. The number of fused-ring (bicyclic) bond motifs is 1. The molecule has 18 heteroatoms. The van der Waals surface area contributed by atoms with Crippen molar-refractivity contribution in [3.8, 4) is 34.5 Å². The van der Waals surface area contributed by atoms with Crippen molar-refractivity contribution in [3.05, 3.63) is 35.4 Å². The largest absolute Gasteiger partial charge is 0.493 e. The molecule has 0 aliphatic carbocycles. The van der Waals surface area contributed by atoms with E-state index in [4.69, 9.17) is 47.4 Å². The second-order valence-electron chi connectivity index (χ2n) is 13.0. The number of benzene rings is 2. The van der Waals surface area contributed by atoms with E-state index in [1.165, 1.54) is 28.4 Å². The molecule has 2 aromatic carbocycles. The fourth-order valence-electron chi connectivity index (χ4n) is 7.16. The molecule has 0 saturated carbocycles. The Morgan fingerprint density at radius 1 is 0.519 bits per heavy atom. The van der Waals surface area contributed by atoms with E-state index in [2.05, 4.69) is 0 Å². The second-order valence-corrected chi connectivity index (χ2v) is 13.0. The van der Waals surface area contributed by atoms with Gasteiger partial charge in [-0.25, -0.2) is 0 Å². The van der Waals surface area contributed by atoms with Crippen molar-refractivity contribution in [1.82, 2.24) is 0 Å². The Labute approximate surface area is 298 Å². The first-order valence-corrected chi connectivity index (χ1v) is 16.7. The van der Waals surface area contributed by atoms with Crippen LogP contribution in [0.15, 0.2) is 24.3 Å². The number of hydrogen-bond donors (Lipinski definition) is 8. The first-order valence-electron chi connectivity index (χ1n) is 16.7. The quantitative estimate of drug-likeness (QED) is 0.119. The number of rotatable bonds is 12. The van der Waals surface area contributed by atoms with Crippen LogP contribution in [0, 0.1) is 11.8 Å². The van der Waals surface area contributed by atoms with Gasteiger partial charge in [0.2, 0.25) is 24.1 Å². The van der Waals surface area contributed by atoms with E-state index in [9.17, 15) is 40.9 Å². The number of aliphatic hydroxyl groups is 8. The van der Waals surface area contributed by atoms with Gasteiger partial charge in [-0.2, -0.15) is 0 Å². The average molecular weight is 743 g/mol. The van der Waals surface area contributed by atoms with Gasteiger partial charge in [0.15, 0.2) is 23.0 Å². The van der Waals surface area contributed by atoms with Crippen molar-refractivity contribution in [3.63, 3.8) is 0 Å². The summed E-state index contributed by atoms with van der Waals surface area (Å²) >= 11 is 0. The molecule has 52 heavy (non-hydrogen) atoms. The van der Waals surface area contributed by atoms with E-state index in [0.717, 1.165) is 0 Å². The lowest BCUT2D eigenvalue weighted by atomic mass is 9.84. The number of hydrogen-bond acceptors (Lipinski definition) is 18. The van der Waals surface area contributed by atoms with Crippen LogP contribution in [0.5, 0.6) is 34.5 Å². The third kappa shape index (κ3) is 6.94. The first kappa shape index (κ1) is 38.5. The van der Waals surface area contributed by atoms with Crippen molar-refractivity contribution in [1.29, 1.82) is 0 Å². The molecule has 0 bridgehead atoms. The predicted molar refractivity (Wildman–Crippen MR) is 172 cm³/mol. The van der Waals surface area contributed by atoms with Crippen molar-refractivity contribution >= 4 is 0 Å². The monoisotopic (exact) mass is 742 g/mol. The molecule has 18 nitrogen and oxygen atoms in total. The maximum absolute atomic E-state index is 10.5. The third-order valence-corrected chi connectivity index (χ3v) is 10.1. The summed E-state index contributed by atoms with van der Waals surface area (Å²) < 4.78 is 58.0. The molecule has 290 valence electrons. The maximum Gasteiger partial charge on any atom is 0.229 e. The van der Waals surface area contributed by atoms with Crippen LogP contribution >= 0.6 is 0 Å². The van der Waals surface area contributed by atoms with Crippen LogP contribution in [0.2, 0.25) is 0 Å². The maximum atomic E-state index is 10.5. The highest BCUT2D eigenvalue weighted by Crippen LogP contribution is 2.54. The van der Waals surface area contributed by atoms with E-state index >= 15 is 0 Å². The van der Waals surface area contributed by atoms with Gasteiger partial charge in [0.25, 0.3) is 0 Å². The van der Waals surface area contributed by atoms with Crippen LogP contribution < -0.4 is 28.4 Å². The summed E-state index contributed by atoms with van der Waals surface area (Å²) in [5.74, 6) is 0.683. The first-order chi connectivity index (χ1) is 25.0. The minimum atomic E-state index is -1.65. The fourth-order valence-corrected chi connectivity index (χ4v) is 7.16. The number of methoxy groups -OCH3 is 4. The lowest BCUT2D eigenvalue weighted by Gasteiger charge is -2.39.